The number of nitrogens with two attached hydrogens (primary N) is 1. The van der Waals surface area contributed by atoms with Gasteiger partial charge in [0.05, 0.1) is 6.04 Å². The number of hydrogen-bond acceptors (Lipinski definition) is 3. The molecule has 0 saturated heterocycles. The Hall–Kier alpha value is -0.950. The molecule has 2 aliphatic rings. The normalized spacial score (nSPS) is 27.2. The molecule has 2 unspecified atom stereocenters. The molecule has 5 nitrogen and oxygen atoms in total. The maximum absolute atomic E-state index is 11.9. The van der Waals surface area contributed by atoms with Crippen LogP contribution in [0.2, 0.25) is 0 Å². The van der Waals surface area contributed by atoms with E-state index in [-0.39, 0.29) is 18.1 Å². The molecular weight excluding hydrogens is 250 g/mol. The molecule has 1 aromatic carbocycles. The van der Waals surface area contributed by atoms with Gasteiger partial charge < -0.3 is 5.73 Å². The summed E-state index contributed by atoms with van der Waals surface area (Å²) in [5, 5.41) is 0. The average Bonchev–Trinajstić information content (AvgIpc) is 3.04. The fraction of sp³-hybridized carbons (Fsp3) is 0.500. The highest BCUT2D eigenvalue weighted by Gasteiger charge is 2.34. The van der Waals surface area contributed by atoms with Gasteiger partial charge in [0.1, 0.15) is 0 Å². The van der Waals surface area contributed by atoms with Crippen molar-refractivity contribution in [2.45, 2.75) is 37.4 Å². The van der Waals surface area contributed by atoms with E-state index in [0.717, 1.165) is 24.0 Å². The predicted molar refractivity (Wildman–Crippen MR) is 69.1 cm³/mol. The molecule has 0 aliphatic heterocycles. The molecule has 0 spiro atoms. The summed E-state index contributed by atoms with van der Waals surface area (Å²) >= 11 is 0. The van der Waals surface area contributed by atoms with Crippen molar-refractivity contribution < 1.29 is 8.42 Å². The summed E-state index contributed by atoms with van der Waals surface area (Å²) in [5.74, 6) is 0. The van der Waals surface area contributed by atoms with Crippen LogP contribution in [0, 0.1) is 0 Å². The summed E-state index contributed by atoms with van der Waals surface area (Å²) in [6, 6.07) is 7.38. The summed E-state index contributed by atoms with van der Waals surface area (Å²) in [4.78, 5) is 0. The first kappa shape index (κ1) is 12.1. The summed E-state index contributed by atoms with van der Waals surface area (Å²) < 4.78 is 29.1. The number of nitrogens with one attached hydrogen (secondary N) is 2. The van der Waals surface area contributed by atoms with Crippen molar-refractivity contribution in [2.75, 3.05) is 0 Å². The topological polar surface area (TPSA) is 84.2 Å². The van der Waals surface area contributed by atoms with Gasteiger partial charge in [-0.3, -0.25) is 0 Å². The zero-order chi connectivity index (χ0) is 12.8. The van der Waals surface area contributed by atoms with Gasteiger partial charge in [0, 0.05) is 12.1 Å². The lowest BCUT2D eigenvalue weighted by Gasteiger charge is -2.18. The van der Waals surface area contributed by atoms with E-state index in [4.69, 9.17) is 5.73 Å². The van der Waals surface area contributed by atoms with Crippen LogP contribution < -0.4 is 15.2 Å². The fourth-order valence-electron chi connectivity index (χ4n) is 2.40. The summed E-state index contributed by atoms with van der Waals surface area (Å²) in [7, 11) is -3.46. The Morgan fingerprint density at radius 2 is 1.89 bits per heavy atom. The molecule has 1 saturated carbocycles. The van der Waals surface area contributed by atoms with Crippen molar-refractivity contribution in [3.63, 3.8) is 0 Å². The second kappa shape index (κ2) is 4.31. The van der Waals surface area contributed by atoms with E-state index in [1.165, 1.54) is 0 Å². The molecule has 2 atom stereocenters. The fourth-order valence-corrected chi connectivity index (χ4v) is 3.78. The first-order chi connectivity index (χ1) is 8.55. The van der Waals surface area contributed by atoms with Crippen LogP contribution in [-0.2, 0) is 16.6 Å². The van der Waals surface area contributed by atoms with E-state index in [1.807, 2.05) is 24.3 Å². The van der Waals surface area contributed by atoms with Gasteiger partial charge in [0.15, 0.2) is 0 Å². The van der Waals surface area contributed by atoms with Gasteiger partial charge >= 0.3 is 0 Å². The van der Waals surface area contributed by atoms with Gasteiger partial charge in [-0.05, 0) is 30.4 Å². The second-order valence-corrected chi connectivity index (χ2v) is 6.54. The van der Waals surface area contributed by atoms with Crippen molar-refractivity contribution in [1.29, 1.82) is 0 Å². The van der Waals surface area contributed by atoms with Crippen molar-refractivity contribution in [3.8, 4) is 0 Å². The molecule has 4 N–H and O–H groups in total. The minimum Gasteiger partial charge on any atom is -0.326 e. The van der Waals surface area contributed by atoms with Crippen LogP contribution in [-0.4, -0.2) is 20.5 Å². The summed E-state index contributed by atoms with van der Waals surface area (Å²) in [6.45, 7) is 0. The molecule has 1 aromatic rings. The van der Waals surface area contributed by atoms with Gasteiger partial charge in [-0.1, -0.05) is 24.3 Å². The Labute approximate surface area is 107 Å². The lowest BCUT2D eigenvalue weighted by molar-refractivity contribution is 0.509. The Kier molecular flexibility index (Phi) is 2.90. The van der Waals surface area contributed by atoms with Crippen LogP contribution in [0.5, 0.6) is 0 Å². The first-order valence-electron chi connectivity index (χ1n) is 6.18. The number of benzene rings is 1. The van der Waals surface area contributed by atoms with Crippen LogP contribution >= 0.6 is 0 Å². The third kappa shape index (κ3) is 2.42. The molecule has 0 radical (unpaired) electrons. The number of fused-ring (bicyclic) bond motifs is 1. The molecule has 0 amide bonds. The lowest BCUT2D eigenvalue weighted by Crippen LogP contribution is -2.44. The SMILES string of the molecule is NC1Cc2ccccc2C1NS(=O)(=O)NC1CC1. The quantitative estimate of drug-likeness (QED) is 0.728. The van der Waals surface area contributed by atoms with Crippen LogP contribution in [0.3, 0.4) is 0 Å². The minimum absolute atomic E-state index is 0.107. The molecule has 18 heavy (non-hydrogen) atoms. The molecule has 0 aromatic heterocycles. The average molecular weight is 267 g/mol. The van der Waals surface area contributed by atoms with E-state index >= 15 is 0 Å². The molecule has 3 rings (SSSR count). The van der Waals surface area contributed by atoms with E-state index in [9.17, 15) is 8.42 Å². The van der Waals surface area contributed by atoms with Gasteiger partial charge in [0.25, 0.3) is 10.2 Å². The Morgan fingerprint density at radius 3 is 2.61 bits per heavy atom. The van der Waals surface area contributed by atoms with Crippen LogP contribution in [0.15, 0.2) is 24.3 Å². The smallest absolute Gasteiger partial charge is 0.277 e. The summed E-state index contributed by atoms with van der Waals surface area (Å²) in [6.07, 6.45) is 2.56. The lowest BCUT2D eigenvalue weighted by atomic mass is 10.1. The van der Waals surface area contributed by atoms with Crippen molar-refractivity contribution in [2.24, 2.45) is 5.73 Å². The molecule has 0 heterocycles. The molecule has 6 heteroatoms. The maximum atomic E-state index is 11.9. The Bertz CT molecular complexity index is 554. The van der Waals surface area contributed by atoms with E-state index in [0.29, 0.717) is 6.42 Å². The van der Waals surface area contributed by atoms with Crippen LogP contribution in [0.4, 0.5) is 0 Å². The maximum Gasteiger partial charge on any atom is 0.277 e. The van der Waals surface area contributed by atoms with E-state index in [1.54, 1.807) is 0 Å². The van der Waals surface area contributed by atoms with Crippen molar-refractivity contribution in [1.82, 2.24) is 9.44 Å². The molecule has 0 bridgehead atoms. The predicted octanol–water partition coefficient (Wildman–Crippen LogP) is 0.198. The highest BCUT2D eigenvalue weighted by atomic mass is 32.2. The van der Waals surface area contributed by atoms with Crippen molar-refractivity contribution >= 4 is 10.2 Å². The largest absolute Gasteiger partial charge is 0.326 e. The van der Waals surface area contributed by atoms with E-state index in [2.05, 4.69) is 9.44 Å². The third-order valence-electron chi connectivity index (χ3n) is 3.46. The minimum atomic E-state index is -3.46. The molecular formula is C12H17N3O2S. The third-order valence-corrected chi connectivity index (χ3v) is 4.66. The van der Waals surface area contributed by atoms with Gasteiger partial charge in [-0.25, -0.2) is 0 Å². The second-order valence-electron chi connectivity index (χ2n) is 5.06. The van der Waals surface area contributed by atoms with Crippen LogP contribution in [0.25, 0.3) is 0 Å². The standard InChI is InChI=1S/C12H17N3O2S/c13-11-7-8-3-1-2-4-10(8)12(11)15-18(16,17)14-9-5-6-9/h1-4,9,11-12,14-15H,5-7,13H2. The zero-order valence-corrected chi connectivity index (χ0v) is 10.8. The molecule has 2 aliphatic carbocycles. The van der Waals surface area contributed by atoms with Gasteiger partial charge in [0.2, 0.25) is 0 Å². The zero-order valence-electron chi connectivity index (χ0n) is 9.96. The highest BCUT2D eigenvalue weighted by Crippen LogP contribution is 2.30. The summed E-state index contributed by atoms with van der Waals surface area (Å²) in [5.41, 5.74) is 8.15. The Morgan fingerprint density at radius 1 is 1.17 bits per heavy atom. The highest BCUT2D eigenvalue weighted by molar-refractivity contribution is 7.87. The van der Waals surface area contributed by atoms with Gasteiger partial charge in [-0.15, -0.1) is 0 Å². The van der Waals surface area contributed by atoms with Gasteiger partial charge in [-0.2, -0.15) is 17.9 Å². The number of hydrogen-bond donors (Lipinski definition) is 3. The molecule has 1 fully saturated rings. The van der Waals surface area contributed by atoms with Crippen LogP contribution in [0.1, 0.15) is 30.0 Å². The molecule has 98 valence electrons. The number of rotatable bonds is 4. The van der Waals surface area contributed by atoms with Crippen molar-refractivity contribution in [3.05, 3.63) is 35.4 Å². The monoisotopic (exact) mass is 267 g/mol. The Balaban J connectivity index is 1.80. The van der Waals surface area contributed by atoms with E-state index < -0.39 is 10.2 Å². The first-order valence-corrected chi connectivity index (χ1v) is 7.66.